The van der Waals surface area contributed by atoms with E-state index >= 15 is 0 Å². The maximum Gasteiger partial charge on any atom is 0.243 e. The Balaban J connectivity index is 1.51. The van der Waals surface area contributed by atoms with Gasteiger partial charge in [0.15, 0.2) is 5.13 Å². The summed E-state index contributed by atoms with van der Waals surface area (Å²) >= 11 is 1.47. The molecule has 0 spiro atoms. The lowest BCUT2D eigenvalue weighted by molar-refractivity contribution is 0.0730. The van der Waals surface area contributed by atoms with Gasteiger partial charge in [-0.3, -0.25) is 0 Å². The number of nitrogens with zero attached hydrogens (tertiary/aromatic N) is 2. The van der Waals surface area contributed by atoms with E-state index in [0.29, 0.717) is 26.3 Å². The first-order chi connectivity index (χ1) is 14.1. The first-order valence-corrected chi connectivity index (χ1v) is 11.4. The molecule has 1 aliphatic rings. The maximum atomic E-state index is 12.7. The third kappa shape index (κ3) is 4.27. The van der Waals surface area contributed by atoms with Gasteiger partial charge < -0.3 is 14.8 Å². The number of nitrogens with one attached hydrogen (secondary N) is 1. The van der Waals surface area contributed by atoms with Gasteiger partial charge in [-0.15, -0.1) is 11.3 Å². The van der Waals surface area contributed by atoms with Crippen molar-refractivity contribution in [1.82, 2.24) is 9.29 Å². The number of ether oxygens (including phenoxy) is 2. The molecule has 0 saturated carbocycles. The van der Waals surface area contributed by atoms with Crippen LogP contribution in [0.5, 0.6) is 5.75 Å². The summed E-state index contributed by atoms with van der Waals surface area (Å²) in [4.78, 5) is 4.89. The number of aromatic nitrogens is 1. The van der Waals surface area contributed by atoms with E-state index in [2.05, 4.69) is 10.3 Å². The number of morpholine rings is 1. The molecule has 1 saturated heterocycles. The van der Waals surface area contributed by atoms with Crippen LogP contribution in [-0.4, -0.2) is 51.1 Å². The number of benzene rings is 2. The summed E-state index contributed by atoms with van der Waals surface area (Å²) in [5, 5.41) is 5.93. The van der Waals surface area contributed by atoms with Crippen LogP contribution in [0.2, 0.25) is 0 Å². The molecule has 0 amide bonds. The zero-order valence-electron chi connectivity index (χ0n) is 15.9. The predicted octanol–water partition coefficient (Wildman–Crippen LogP) is 3.58. The van der Waals surface area contributed by atoms with Crippen LogP contribution in [0.4, 0.5) is 10.8 Å². The van der Waals surface area contributed by atoms with Crippen molar-refractivity contribution in [2.75, 3.05) is 38.7 Å². The Morgan fingerprint density at radius 2 is 1.83 bits per heavy atom. The fourth-order valence-electron chi connectivity index (χ4n) is 3.06. The Labute approximate surface area is 174 Å². The van der Waals surface area contributed by atoms with E-state index in [9.17, 15) is 8.42 Å². The van der Waals surface area contributed by atoms with Crippen LogP contribution in [0.1, 0.15) is 0 Å². The first kappa shape index (κ1) is 19.8. The molecule has 29 heavy (non-hydrogen) atoms. The summed E-state index contributed by atoms with van der Waals surface area (Å²) < 4.78 is 37.5. The van der Waals surface area contributed by atoms with E-state index in [0.717, 1.165) is 27.8 Å². The van der Waals surface area contributed by atoms with Crippen LogP contribution in [0, 0.1) is 0 Å². The summed E-state index contributed by atoms with van der Waals surface area (Å²) in [7, 11) is -1.87. The molecule has 2 heterocycles. The number of thiazole rings is 1. The highest BCUT2D eigenvalue weighted by atomic mass is 32.2. The average molecular weight is 432 g/mol. The van der Waals surface area contributed by atoms with Crippen LogP contribution in [-0.2, 0) is 14.8 Å². The van der Waals surface area contributed by atoms with Crippen molar-refractivity contribution in [2.24, 2.45) is 0 Å². The summed E-state index contributed by atoms with van der Waals surface area (Å²) in [6, 6.07) is 14.5. The normalized spacial score (nSPS) is 15.2. The molecule has 0 radical (unpaired) electrons. The Morgan fingerprint density at radius 1 is 1.10 bits per heavy atom. The molecule has 4 rings (SSSR count). The number of hydrogen-bond acceptors (Lipinski definition) is 7. The Kier molecular flexibility index (Phi) is 5.81. The van der Waals surface area contributed by atoms with Crippen LogP contribution in [0.3, 0.4) is 0 Å². The molecular formula is C20H21N3O4S2. The monoisotopic (exact) mass is 431 g/mol. The first-order valence-electron chi connectivity index (χ1n) is 9.12. The SMILES string of the molecule is COc1ccccc1Nc1nc(-c2ccc(S(=O)(=O)N3CCOCC3)cc2)cs1. The lowest BCUT2D eigenvalue weighted by Crippen LogP contribution is -2.40. The van der Waals surface area contributed by atoms with Crippen LogP contribution in [0.15, 0.2) is 58.8 Å². The minimum absolute atomic E-state index is 0.283. The quantitative estimate of drug-likeness (QED) is 0.643. The van der Waals surface area contributed by atoms with E-state index in [1.807, 2.05) is 29.6 Å². The fraction of sp³-hybridized carbons (Fsp3) is 0.250. The number of hydrogen-bond donors (Lipinski definition) is 1. The van der Waals surface area contributed by atoms with Crippen molar-refractivity contribution in [3.05, 3.63) is 53.9 Å². The lowest BCUT2D eigenvalue weighted by Gasteiger charge is -2.26. The van der Waals surface area contributed by atoms with Gasteiger partial charge in [0.05, 0.1) is 36.6 Å². The van der Waals surface area contributed by atoms with Crippen LogP contribution in [0.25, 0.3) is 11.3 Å². The number of para-hydroxylation sites is 2. The van der Waals surface area contributed by atoms with Crippen molar-refractivity contribution in [1.29, 1.82) is 0 Å². The summed E-state index contributed by atoms with van der Waals surface area (Å²) in [5.74, 6) is 0.738. The van der Waals surface area contributed by atoms with Gasteiger partial charge in [0, 0.05) is 24.0 Å². The van der Waals surface area contributed by atoms with Crippen molar-refractivity contribution in [3.63, 3.8) is 0 Å². The molecule has 9 heteroatoms. The van der Waals surface area contributed by atoms with Crippen molar-refractivity contribution in [2.45, 2.75) is 4.90 Å². The summed E-state index contributed by atoms with van der Waals surface area (Å²) in [6.07, 6.45) is 0. The van der Waals surface area contributed by atoms with E-state index in [1.165, 1.54) is 15.6 Å². The second kappa shape index (κ2) is 8.50. The van der Waals surface area contributed by atoms with E-state index in [1.54, 1.807) is 31.4 Å². The Hall–Kier alpha value is -2.46. The topological polar surface area (TPSA) is 80.8 Å². The second-order valence-corrected chi connectivity index (χ2v) is 9.20. The largest absolute Gasteiger partial charge is 0.495 e. The molecular weight excluding hydrogens is 410 g/mol. The van der Waals surface area contributed by atoms with Gasteiger partial charge in [-0.25, -0.2) is 13.4 Å². The van der Waals surface area contributed by atoms with Crippen LogP contribution >= 0.6 is 11.3 Å². The van der Waals surface area contributed by atoms with Gasteiger partial charge in [-0.2, -0.15) is 4.31 Å². The number of sulfonamides is 1. The number of methoxy groups -OCH3 is 1. The molecule has 7 nitrogen and oxygen atoms in total. The molecule has 1 aliphatic heterocycles. The van der Waals surface area contributed by atoms with E-state index < -0.39 is 10.0 Å². The van der Waals surface area contributed by atoms with Gasteiger partial charge in [0.2, 0.25) is 10.0 Å². The van der Waals surface area contributed by atoms with Gasteiger partial charge in [-0.05, 0) is 24.3 Å². The zero-order valence-corrected chi connectivity index (χ0v) is 17.5. The molecule has 1 N–H and O–H groups in total. The minimum atomic E-state index is -3.49. The molecule has 0 aliphatic carbocycles. The molecule has 3 aromatic rings. The van der Waals surface area contributed by atoms with Crippen molar-refractivity contribution >= 4 is 32.2 Å². The molecule has 0 unspecified atom stereocenters. The summed E-state index contributed by atoms with van der Waals surface area (Å²) in [5.41, 5.74) is 2.47. The molecule has 152 valence electrons. The van der Waals surface area contributed by atoms with Gasteiger partial charge in [-0.1, -0.05) is 24.3 Å². The number of anilines is 2. The molecule has 1 aromatic heterocycles. The zero-order chi connectivity index (χ0) is 20.3. The highest BCUT2D eigenvalue weighted by Crippen LogP contribution is 2.31. The lowest BCUT2D eigenvalue weighted by atomic mass is 10.2. The highest BCUT2D eigenvalue weighted by Gasteiger charge is 2.26. The van der Waals surface area contributed by atoms with Crippen LogP contribution < -0.4 is 10.1 Å². The van der Waals surface area contributed by atoms with Gasteiger partial charge >= 0.3 is 0 Å². The Morgan fingerprint density at radius 3 is 2.55 bits per heavy atom. The third-order valence-electron chi connectivity index (χ3n) is 4.61. The fourth-order valence-corrected chi connectivity index (χ4v) is 5.20. The van der Waals surface area contributed by atoms with Crippen molar-refractivity contribution in [3.8, 4) is 17.0 Å². The van der Waals surface area contributed by atoms with E-state index in [4.69, 9.17) is 9.47 Å². The standard InChI is InChI=1S/C20H21N3O4S2/c1-26-19-5-3-2-4-17(19)21-20-22-18(14-28-20)15-6-8-16(9-7-15)29(24,25)23-10-12-27-13-11-23/h2-9,14H,10-13H2,1H3,(H,21,22). The van der Waals surface area contributed by atoms with Gasteiger partial charge in [0.1, 0.15) is 5.75 Å². The van der Waals surface area contributed by atoms with Crippen molar-refractivity contribution < 1.29 is 17.9 Å². The molecule has 0 bridgehead atoms. The molecule has 0 atom stereocenters. The highest BCUT2D eigenvalue weighted by molar-refractivity contribution is 7.89. The third-order valence-corrected chi connectivity index (χ3v) is 7.28. The molecule has 2 aromatic carbocycles. The van der Waals surface area contributed by atoms with E-state index in [-0.39, 0.29) is 4.90 Å². The van der Waals surface area contributed by atoms with Gasteiger partial charge in [0.25, 0.3) is 0 Å². The number of rotatable bonds is 6. The minimum Gasteiger partial charge on any atom is -0.495 e. The summed E-state index contributed by atoms with van der Waals surface area (Å²) in [6.45, 7) is 1.62. The Bertz CT molecular complexity index is 1080. The second-order valence-electron chi connectivity index (χ2n) is 6.40. The smallest absolute Gasteiger partial charge is 0.243 e. The average Bonchev–Trinajstić information content (AvgIpc) is 3.23. The maximum absolute atomic E-state index is 12.7. The predicted molar refractivity (Wildman–Crippen MR) is 113 cm³/mol. The molecule has 1 fully saturated rings.